The molecule has 4 N–H and O–H groups in total. The molecule has 2 heterocycles. The van der Waals surface area contributed by atoms with E-state index in [0.29, 0.717) is 45.1 Å². The predicted octanol–water partition coefficient (Wildman–Crippen LogP) is 6.09. The van der Waals surface area contributed by atoms with Crippen molar-refractivity contribution in [2.75, 3.05) is 87.4 Å². The van der Waals surface area contributed by atoms with Crippen LogP contribution in [0.3, 0.4) is 0 Å². The van der Waals surface area contributed by atoms with Crippen LogP contribution < -0.4 is 20.1 Å². The van der Waals surface area contributed by atoms with Crippen molar-refractivity contribution in [1.29, 1.82) is 0 Å². The van der Waals surface area contributed by atoms with Crippen LogP contribution in [0, 0.1) is 5.92 Å². The summed E-state index contributed by atoms with van der Waals surface area (Å²) in [7, 11) is 8.21. The van der Waals surface area contributed by atoms with Gasteiger partial charge in [0.1, 0.15) is 24.2 Å². The highest BCUT2D eigenvalue weighted by molar-refractivity contribution is 5.66. The molecule has 13 heteroatoms. The van der Waals surface area contributed by atoms with E-state index in [-0.39, 0.29) is 12.0 Å². The van der Waals surface area contributed by atoms with Crippen molar-refractivity contribution in [2.45, 2.75) is 78.4 Å². The zero-order valence-corrected chi connectivity index (χ0v) is 35.7. The molecule has 1 unspecified atom stereocenters. The van der Waals surface area contributed by atoms with Crippen LogP contribution in [0.2, 0.25) is 0 Å². The Balaban J connectivity index is 1.22. The maximum Gasteiger partial charge on any atom is 0.120 e. The molecule has 4 aromatic rings. The van der Waals surface area contributed by atoms with Gasteiger partial charge < -0.3 is 44.1 Å². The standard InChI is InChI=1S/C44H68N8O5/c1-9-53-29-32(4)34-20-35(43-36(25-47-49-43)26-51(7)16-14-45-5)22-38(21-34)55-19-18-54-30-42-41(27-52(8)17-15-46-6)44(50-48-42)33-10-12-37(13-11-33)57-40-23-39(24-40)56-28-31(2)3/h10-13,20-22,25,31-32,39-40,45-46H,9,14-19,23-24,26-30H2,1-8H3,(H,47,49)(H,48,50). The predicted molar refractivity (Wildman–Crippen MR) is 227 cm³/mol. The van der Waals surface area contributed by atoms with Gasteiger partial charge in [-0.05, 0) is 89.1 Å². The van der Waals surface area contributed by atoms with Crippen LogP contribution >= 0.6 is 0 Å². The van der Waals surface area contributed by atoms with Gasteiger partial charge in [0.15, 0.2) is 0 Å². The van der Waals surface area contributed by atoms with Gasteiger partial charge in [0.2, 0.25) is 0 Å². The number of aromatic amines is 2. The normalized spacial score (nSPS) is 16.1. The minimum absolute atomic E-state index is 0.196. The fourth-order valence-electron chi connectivity index (χ4n) is 6.81. The van der Waals surface area contributed by atoms with Crippen molar-refractivity contribution in [3.8, 4) is 34.0 Å². The fraction of sp³-hybridized carbons (Fsp3) is 0.591. The molecule has 1 aliphatic rings. The number of rotatable bonds is 27. The highest BCUT2D eigenvalue weighted by Gasteiger charge is 2.32. The number of H-pyrrole nitrogens is 2. The van der Waals surface area contributed by atoms with E-state index >= 15 is 0 Å². The lowest BCUT2D eigenvalue weighted by Gasteiger charge is -2.35. The molecule has 13 nitrogen and oxygen atoms in total. The Hall–Kier alpha value is -3.82. The van der Waals surface area contributed by atoms with Gasteiger partial charge in [0, 0.05) is 93.5 Å². The van der Waals surface area contributed by atoms with Crippen LogP contribution in [-0.4, -0.2) is 130 Å². The van der Waals surface area contributed by atoms with Crippen LogP contribution in [-0.2, 0) is 33.9 Å². The summed E-state index contributed by atoms with van der Waals surface area (Å²) in [6.07, 6.45) is 4.30. The third-order valence-electron chi connectivity index (χ3n) is 10.3. The van der Waals surface area contributed by atoms with Gasteiger partial charge in [-0.15, -0.1) is 0 Å². The first-order valence-corrected chi connectivity index (χ1v) is 20.7. The summed E-state index contributed by atoms with van der Waals surface area (Å²) in [5.41, 5.74) is 8.39. The van der Waals surface area contributed by atoms with E-state index in [2.05, 4.69) is 101 Å². The average Bonchev–Trinajstić information content (AvgIpc) is 3.82. The average molecular weight is 789 g/mol. The molecule has 0 saturated heterocycles. The van der Waals surface area contributed by atoms with Gasteiger partial charge in [0.05, 0.1) is 49.2 Å². The largest absolute Gasteiger partial charge is 0.491 e. The number of likely N-dealkylation sites (N-methyl/N-ethyl adjacent to an activating group) is 4. The van der Waals surface area contributed by atoms with E-state index in [0.717, 1.165) is 115 Å². The molecule has 0 spiro atoms. The van der Waals surface area contributed by atoms with E-state index in [1.165, 1.54) is 0 Å². The van der Waals surface area contributed by atoms with Gasteiger partial charge in [-0.1, -0.05) is 20.8 Å². The van der Waals surface area contributed by atoms with Crippen molar-refractivity contribution >= 4 is 0 Å². The highest BCUT2D eigenvalue weighted by Crippen LogP contribution is 2.33. The van der Waals surface area contributed by atoms with Gasteiger partial charge in [-0.3, -0.25) is 10.2 Å². The molecule has 0 radical (unpaired) electrons. The molecule has 2 aromatic carbocycles. The molecule has 5 rings (SSSR count). The second-order valence-corrected chi connectivity index (χ2v) is 15.8. The number of nitrogens with zero attached hydrogens (tertiary/aromatic N) is 4. The molecule has 0 amide bonds. The van der Waals surface area contributed by atoms with Gasteiger partial charge in [-0.25, -0.2) is 0 Å². The summed E-state index contributed by atoms with van der Waals surface area (Å²) in [6.45, 7) is 17.1. The van der Waals surface area contributed by atoms with E-state index < -0.39 is 0 Å². The molecular formula is C44H68N8O5. The topological polar surface area (TPSA) is 134 Å². The van der Waals surface area contributed by atoms with Crippen molar-refractivity contribution in [2.24, 2.45) is 5.92 Å². The number of ether oxygens (including phenoxy) is 5. The number of nitrogens with one attached hydrogen (secondary N) is 4. The summed E-state index contributed by atoms with van der Waals surface area (Å²) in [5, 5.41) is 22.2. The molecule has 1 atom stereocenters. The maximum absolute atomic E-state index is 6.37. The molecule has 57 heavy (non-hydrogen) atoms. The van der Waals surface area contributed by atoms with Gasteiger partial charge >= 0.3 is 0 Å². The summed E-state index contributed by atoms with van der Waals surface area (Å²) >= 11 is 0. The van der Waals surface area contributed by atoms with Crippen LogP contribution in [0.15, 0.2) is 48.7 Å². The first kappa shape index (κ1) is 44.3. The second-order valence-electron chi connectivity index (χ2n) is 15.8. The Kier molecular flexibility index (Phi) is 17.8. The number of hydrogen-bond acceptors (Lipinski definition) is 11. The smallest absolute Gasteiger partial charge is 0.120 e. The first-order chi connectivity index (χ1) is 27.7. The van der Waals surface area contributed by atoms with Crippen molar-refractivity contribution in [3.63, 3.8) is 0 Å². The zero-order chi connectivity index (χ0) is 40.6. The Morgan fingerprint density at radius 1 is 0.825 bits per heavy atom. The van der Waals surface area contributed by atoms with E-state index in [9.17, 15) is 0 Å². The Morgan fingerprint density at radius 3 is 2.26 bits per heavy atom. The summed E-state index contributed by atoms with van der Waals surface area (Å²) in [6, 6.07) is 14.7. The first-order valence-electron chi connectivity index (χ1n) is 20.7. The Morgan fingerprint density at radius 2 is 1.56 bits per heavy atom. The van der Waals surface area contributed by atoms with Crippen molar-refractivity contribution in [3.05, 3.63) is 71.0 Å². The molecule has 314 valence electrons. The third kappa shape index (κ3) is 13.6. The van der Waals surface area contributed by atoms with Crippen LogP contribution in [0.4, 0.5) is 0 Å². The minimum Gasteiger partial charge on any atom is -0.491 e. The van der Waals surface area contributed by atoms with Gasteiger partial charge in [-0.2, -0.15) is 10.2 Å². The van der Waals surface area contributed by atoms with E-state index in [4.69, 9.17) is 28.8 Å². The Bertz CT molecular complexity index is 1740. The second kappa shape index (κ2) is 22.9. The molecule has 0 bridgehead atoms. The lowest BCUT2D eigenvalue weighted by atomic mass is 9.91. The maximum atomic E-state index is 6.37. The number of benzene rings is 2. The molecular weight excluding hydrogens is 721 g/mol. The monoisotopic (exact) mass is 789 g/mol. The Labute approximate surface area is 340 Å². The molecule has 0 aliphatic heterocycles. The van der Waals surface area contributed by atoms with Gasteiger partial charge in [0.25, 0.3) is 0 Å². The molecule has 1 fully saturated rings. The molecule has 2 aromatic heterocycles. The van der Waals surface area contributed by atoms with Crippen molar-refractivity contribution in [1.82, 2.24) is 40.8 Å². The quantitative estimate of drug-likeness (QED) is 0.0524. The fourth-order valence-corrected chi connectivity index (χ4v) is 6.81. The molecule has 1 saturated carbocycles. The number of hydrogen-bond donors (Lipinski definition) is 4. The third-order valence-corrected chi connectivity index (χ3v) is 10.3. The summed E-state index contributed by atoms with van der Waals surface area (Å²) < 4.78 is 30.6. The molecule has 1 aliphatic carbocycles. The summed E-state index contributed by atoms with van der Waals surface area (Å²) in [4.78, 5) is 4.59. The van der Waals surface area contributed by atoms with Crippen molar-refractivity contribution < 1.29 is 23.7 Å². The lowest BCUT2D eigenvalue weighted by molar-refractivity contribution is -0.0682. The van der Waals surface area contributed by atoms with E-state index in [1.54, 1.807) is 0 Å². The number of aromatic nitrogens is 4. The van der Waals surface area contributed by atoms with Crippen LogP contribution in [0.25, 0.3) is 22.5 Å². The van der Waals surface area contributed by atoms with Crippen LogP contribution in [0.5, 0.6) is 11.5 Å². The SMILES string of the molecule is CCOCC(C)c1cc(OCCOCc2[nH]nc(-c3ccc(OC4CC(OCC(C)C)C4)cc3)c2CN(C)CCNC)cc(-c2[nH]ncc2CN(C)CCNC)c1. The van der Waals surface area contributed by atoms with E-state index in [1.807, 2.05) is 39.3 Å². The highest BCUT2D eigenvalue weighted by atomic mass is 16.5. The summed E-state index contributed by atoms with van der Waals surface area (Å²) in [5.74, 6) is 2.40. The van der Waals surface area contributed by atoms with Crippen LogP contribution in [0.1, 0.15) is 68.8 Å². The lowest BCUT2D eigenvalue weighted by Crippen LogP contribution is -2.40. The zero-order valence-electron chi connectivity index (χ0n) is 35.7. The minimum atomic E-state index is 0.196.